The van der Waals surface area contributed by atoms with E-state index in [1.54, 1.807) is 0 Å². The van der Waals surface area contributed by atoms with Gasteiger partial charge in [-0.15, -0.1) is 11.3 Å². The SMILES string of the molecule is c1ccc(-c2nc(-c3ccccc3)nc(-c3cccc4c(-c5cccc6sc7cc8ccc9ccccc9c8cc7c56)cccc34)n2)cc1. The van der Waals surface area contributed by atoms with Crippen LogP contribution in [0.5, 0.6) is 0 Å². The van der Waals surface area contributed by atoms with Gasteiger partial charge in [-0.2, -0.15) is 0 Å². The first-order chi connectivity index (χ1) is 24.3. The molecule has 0 radical (unpaired) electrons. The summed E-state index contributed by atoms with van der Waals surface area (Å²) in [6.45, 7) is 0. The highest BCUT2D eigenvalue weighted by molar-refractivity contribution is 7.26. The second kappa shape index (κ2) is 11.2. The van der Waals surface area contributed by atoms with Gasteiger partial charge in [-0.1, -0.05) is 146 Å². The molecule has 2 heterocycles. The Morgan fingerprint density at radius 3 is 1.65 bits per heavy atom. The third-order valence-corrected chi connectivity index (χ3v) is 10.6. The molecule has 10 aromatic rings. The molecule has 3 nitrogen and oxygen atoms in total. The Balaban J connectivity index is 1.21. The number of rotatable bonds is 4. The molecule has 0 amide bonds. The predicted molar refractivity (Wildman–Crippen MR) is 207 cm³/mol. The predicted octanol–water partition coefficient (Wildman–Crippen LogP) is 12.4. The maximum atomic E-state index is 5.07. The fourth-order valence-electron chi connectivity index (χ4n) is 7.22. The molecule has 0 N–H and O–H groups in total. The van der Waals surface area contributed by atoms with E-state index >= 15 is 0 Å². The van der Waals surface area contributed by atoms with Crippen LogP contribution in [0.3, 0.4) is 0 Å². The topological polar surface area (TPSA) is 38.7 Å². The zero-order valence-corrected chi connectivity index (χ0v) is 27.2. The summed E-state index contributed by atoms with van der Waals surface area (Å²) in [5, 5.41) is 9.99. The molecule has 0 spiro atoms. The van der Waals surface area contributed by atoms with Gasteiger partial charge < -0.3 is 0 Å². The van der Waals surface area contributed by atoms with Crippen molar-refractivity contribution in [2.75, 3.05) is 0 Å². The van der Waals surface area contributed by atoms with Gasteiger partial charge >= 0.3 is 0 Å². The number of thiophene rings is 1. The fourth-order valence-corrected chi connectivity index (χ4v) is 8.38. The zero-order chi connectivity index (χ0) is 32.3. The molecule has 0 fully saturated rings. The molecule has 2 aromatic heterocycles. The molecule has 4 heteroatoms. The van der Waals surface area contributed by atoms with Crippen LogP contribution in [0.25, 0.3) is 97.8 Å². The molecule has 0 bridgehead atoms. The van der Waals surface area contributed by atoms with E-state index < -0.39 is 0 Å². The average molecular weight is 642 g/mol. The summed E-state index contributed by atoms with van der Waals surface area (Å²) in [6.07, 6.45) is 0. The summed E-state index contributed by atoms with van der Waals surface area (Å²) in [6, 6.07) is 58.0. The van der Waals surface area contributed by atoms with E-state index in [0.717, 1.165) is 22.1 Å². The molecule has 0 aliphatic carbocycles. The monoisotopic (exact) mass is 641 g/mol. The zero-order valence-electron chi connectivity index (χ0n) is 26.3. The van der Waals surface area contributed by atoms with Gasteiger partial charge in [0.15, 0.2) is 17.5 Å². The second-order valence-electron chi connectivity index (χ2n) is 12.4. The lowest BCUT2D eigenvalue weighted by molar-refractivity contribution is 1.08. The summed E-state index contributed by atoms with van der Waals surface area (Å²) >= 11 is 1.87. The van der Waals surface area contributed by atoms with Crippen LogP contribution < -0.4 is 0 Å². The van der Waals surface area contributed by atoms with Crippen molar-refractivity contribution >= 4 is 63.8 Å². The molecule has 0 saturated carbocycles. The number of nitrogens with zero attached hydrogens (tertiary/aromatic N) is 3. The quantitative estimate of drug-likeness (QED) is 0.180. The van der Waals surface area contributed by atoms with Gasteiger partial charge in [0.25, 0.3) is 0 Å². The minimum Gasteiger partial charge on any atom is -0.208 e. The minimum absolute atomic E-state index is 0.659. The first kappa shape index (κ1) is 27.8. The lowest BCUT2D eigenvalue weighted by Gasteiger charge is -2.13. The summed E-state index contributed by atoms with van der Waals surface area (Å²) in [5.41, 5.74) is 5.33. The summed E-state index contributed by atoms with van der Waals surface area (Å²) in [4.78, 5) is 15.1. The summed E-state index contributed by atoms with van der Waals surface area (Å²) in [7, 11) is 0. The lowest BCUT2D eigenvalue weighted by atomic mass is 9.92. The molecular weight excluding hydrogens is 615 g/mol. The van der Waals surface area contributed by atoms with Crippen LogP contribution >= 0.6 is 11.3 Å². The van der Waals surface area contributed by atoms with Crippen molar-refractivity contribution in [3.63, 3.8) is 0 Å². The number of fused-ring (bicyclic) bond motifs is 7. The lowest BCUT2D eigenvalue weighted by Crippen LogP contribution is -2.00. The van der Waals surface area contributed by atoms with Crippen molar-refractivity contribution in [1.29, 1.82) is 0 Å². The molecular formula is C45H27N3S. The van der Waals surface area contributed by atoms with Crippen molar-refractivity contribution in [2.45, 2.75) is 0 Å². The van der Waals surface area contributed by atoms with E-state index in [9.17, 15) is 0 Å². The van der Waals surface area contributed by atoms with Crippen LogP contribution in [0.1, 0.15) is 0 Å². The third kappa shape index (κ3) is 4.61. The Hall–Kier alpha value is -6.23. The van der Waals surface area contributed by atoms with Gasteiger partial charge in [0, 0.05) is 36.9 Å². The van der Waals surface area contributed by atoms with E-state index in [-0.39, 0.29) is 0 Å². The maximum Gasteiger partial charge on any atom is 0.164 e. The van der Waals surface area contributed by atoms with Crippen LogP contribution in [-0.2, 0) is 0 Å². The maximum absolute atomic E-state index is 5.07. The highest BCUT2D eigenvalue weighted by Gasteiger charge is 2.18. The van der Waals surface area contributed by atoms with Gasteiger partial charge in [0.1, 0.15) is 0 Å². The summed E-state index contributed by atoms with van der Waals surface area (Å²) in [5.74, 6) is 1.98. The highest BCUT2D eigenvalue weighted by atomic mass is 32.1. The second-order valence-corrected chi connectivity index (χ2v) is 13.5. The van der Waals surface area contributed by atoms with Gasteiger partial charge in [0.05, 0.1) is 0 Å². The van der Waals surface area contributed by atoms with Crippen molar-refractivity contribution in [3.05, 3.63) is 164 Å². The van der Waals surface area contributed by atoms with E-state index in [1.807, 2.05) is 72.0 Å². The summed E-state index contributed by atoms with van der Waals surface area (Å²) < 4.78 is 2.59. The van der Waals surface area contributed by atoms with Crippen molar-refractivity contribution < 1.29 is 0 Å². The Morgan fingerprint density at radius 2 is 0.898 bits per heavy atom. The van der Waals surface area contributed by atoms with Crippen molar-refractivity contribution in [2.24, 2.45) is 0 Å². The van der Waals surface area contributed by atoms with Crippen molar-refractivity contribution in [1.82, 2.24) is 15.0 Å². The Morgan fingerprint density at radius 1 is 0.327 bits per heavy atom. The fraction of sp³-hybridized carbons (Fsp3) is 0. The van der Waals surface area contributed by atoms with E-state index in [0.29, 0.717) is 17.5 Å². The largest absolute Gasteiger partial charge is 0.208 e. The Labute approximate surface area is 286 Å². The average Bonchev–Trinajstić information content (AvgIpc) is 3.55. The van der Waals surface area contributed by atoms with E-state index in [2.05, 4.69) is 103 Å². The number of benzene rings is 8. The molecule has 10 rings (SSSR count). The normalized spacial score (nSPS) is 11.7. The number of aromatic nitrogens is 3. The van der Waals surface area contributed by atoms with Crippen LogP contribution in [0, 0.1) is 0 Å². The molecule has 49 heavy (non-hydrogen) atoms. The van der Waals surface area contributed by atoms with E-state index in [1.165, 1.54) is 58.2 Å². The van der Waals surface area contributed by atoms with Gasteiger partial charge in [0.2, 0.25) is 0 Å². The Bertz CT molecular complexity index is 2820. The Kier molecular flexibility index (Phi) is 6.36. The van der Waals surface area contributed by atoms with Gasteiger partial charge in [-0.05, 0) is 61.6 Å². The van der Waals surface area contributed by atoms with Gasteiger partial charge in [-0.3, -0.25) is 0 Å². The van der Waals surface area contributed by atoms with Crippen molar-refractivity contribution in [3.8, 4) is 45.3 Å². The standard InChI is InChI=1S/C45H27N3S/c1-3-13-29(14-4-1)43-46-44(30-15-5-2-6-16-30)48-45(47-43)37-22-10-18-33-34(19-9-20-35(33)37)36-21-11-23-40-42(36)39-27-38-31(26-41(39)49-40)25-24-28-12-7-8-17-32(28)38/h1-27H. The highest BCUT2D eigenvalue weighted by Crippen LogP contribution is 2.44. The molecule has 0 unspecified atom stereocenters. The van der Waals surface area contributed by atoms with Crippen LogP contribution in [0.4, 0.5) is 0 Å². The smallest absolute Gasteiger partial charge is 0.164 e. The molecule has 228 valence electrons. The number of hydrogen-bond acceptors (Lipinski definition) is 4. The molecule has 0 atom stereocenters. The molecule has 8 aromatic carbocycles. The van der Waals surface area contributed by atoms with Crippen LogP contribution in [0.15, 0.2) is 164 Å². The van der Waals surface area contributed by atoms with E-state index in [4.69, 9.17) is 15.0 Å². The minimum atomic E-state index is 0.659. The molecule has 0 saturated heterocycles. The molecule has 0 aliphatic rings. The van der Waals surface area contributed by atoms with Crippen LogP contribution in [-0.4, -0.2) is 15.0 Å². The molecule has 0 aliphatic heterocycles. The first-order valence-electron chi connectivity index (χ1n) is 16.4. The third-order valence-electron chi connectivity index (χ3n) is 9.51. The number of hydrogen-bond donors (Lipinski definition) is 0. The first-order valence-corrected chi connectivity index (χ1v) is 17.3. The van der Waals surface area contributed by atoms with Gasteiger partial charge in [-0.25, -0.2) is 15.0 Å². The van der Waals surface area contributed by atoms with Crippen LogP contribution in [0.2, 0.25) is 0 Å².